The number of halogens is 1. The van der Waals surface area contributed by atoms with Crippen LogP contribution in [0.2, 0.25) is 0 Å². The molecule has 0 aromatic carbocycles. The molecule has 3 aromatic rings. The van der Waals surface area contributed by atoms with E-state index in [-0.39, 0.29) is 17.9 Å². The number of amides is 1. The van der Waals surface area contributed by atoms with E-state index in [2.05, 4.69) is 15.3 Å². The summed E-state index contributed by atoms with van der Waals surface area (Å²) < 4.78 is 14.7. The minimum Gasteiger partial charge on any atom is -0.310 e. The molecular formula is C20H19FN4O2. The molecule has 1 N–H and O–H groups in total. The highest BCUT2D eigenvalue weighted by molar-refractivity contribution is 5.95. The van der Waals surface area contributed by atoms with Gasteiger partial charge in [-0.15, -0.1) is 0 Å². The van der Waals surface area contributed by atoms with Gasteiger partial charge in [0, 0.05) is 47.7 Å². The van der Waals surface area contributed by atoms with Gasteiger partial charge in [0.25, 0.3) is 5.56 Å². The van der Waals surface area contributed by atoms with Crippen LogP contribution in [0.4, 0.5) is 10.2 Å². The van der Waals surface area contributed by atoms with Gasteiger partial charge in [-0.3, -0.25) is 14.6 Å². The normalized spacial score (nSPS) is 18.5. The molecule has 0 aliphatic heterocycles. The molecule has 1 fully saturated rings. The number of fused-ring (bicyclic) bond motifs is 1. The summed E-state index contributed by atoms with van der Waals surface area (Å²) in [6.07, 6.45) is 4.18. The second-order valence-corrected chi connectivity index (χ2v) is 6.77. The molecule has 0 bridgehead atoms. The molecule has 1 amide bonds. The SMILES string of the molecule is CCn1c(=O)c(-c2cnccc2C)cc2cnc(NC(=O)[C@H]3C[C@H]3F)cc21. The Labute approximate surface area is 155 Å². The third-order valence-electron chi connectivity index (χ3n) is 4.92. The summed E-state index contributed by atoms with van der Waals surface area (Å²) in [6.45, 7) is 4.29. The molecule has 27 heavy (non-hydrogen) atoms. The lowest BCUT2D eigenvalue weighted by atomic mass is 10.0. The molecule has 0 saturated heterocycles. The fraction of sp³-hybridized carbons (Fsp3) is 0.300. The predicted octanol–water partition coefficient (Wildman–Crippen LogP) is 3.08. The molecule has 3 aromatic heterocycles. The van der Waals surface area contributed by atoms with E-state index in [0.29, 0.717) is 23.4 Å². The first kappa shape index (κ1) is 17.3. The quantitative estimate of drug-likeness (QED) is 0.770. The average molecular weight is 366 g/mol. The minimum absolute atomic E-state index is 0.129. The van der Waals surface area contributed by atoms with Crippen molar-refractivity contribution in [3.63, 3.8) is 0 Å². The van der Waals surface area contributed by atoms with E-state index < -0.39 is 12.1 Å². The van der Waals surface area contributed by atoms with Crippen molar-refractivity contribution in [1.29, 1.82) is 0 Å². The van der Waals surface area contributed by atoms with E-state index >= 15 is 0 Å². The number of aryl methyl sites for hydroxylation is 2. The van der Waals surface area contributed by atoms with Gasteiger partial charge in [0.05, 0.1) is 11.4 Å². The molecule has 0 spiro atoms. The summed E-state index contributed by atoms with van der Waals surface area (Å²) in [5, 5.41) is 3.42. The third-order valence-corrected chi connectivity index (χ3v) is 4.92. The fourth-order valence-corrected chi connectivity index (χ4v) is 3.25. The van der Waals surface area contributed by atoms with Crippen LogP contribution in [0.5, 0.6) is 0 Å². The lowest BCUT2D eigenvalue weighted by Gasteiger charge is -2.13. The van der Waals surface area contributed by atoms with Crippen molar-refractivity contribution in [1.82, 2.24) is 14.5 Å². The van der Waals surface area contributed by atoms with Crippen LogP contribution in [0.25, 0.3) is 22.0 Å². The maximum absolute atomic E-state index is 13.1. The molecule has 0 unspecified atom stereocenters. The second-order valence-electron chi connectivity index (χ2n) is 6.77. The first-order valence-electron chi connectivity index (χ1n) is 8.89. The molecule has 4 rings (SSSR count). The number of carbonyl (C=O) groups is 1. The molecule has 7 heteroatoms. The molecule has 1 saturated carbocycles. The van der Waals surface area contributed by atoms with Crippen molar-refractivity contribution < 1.29 is 9.18 Å². The van der Waals surface area contributed by atoms with Gasteiger partial charge in [0.2, 0.25) is 5.91 Å². The number of aromatic nitrogens is 3. The van der Waals surface area contributed by atoms with Crippen LogP contribution in [-0.4, -0.2) is 26.6 Å². The predicted molar refractivity (Wildman–Crippen MR) is 101 cm³/mol. The average Bonchev–Trinajstić information content (AvgIpc) is 3.39. The molecule has 0 radical (unpaired) electrons. The monoisotopic (exact) mass is 366 g/mol. The standard InChI is InChI=1S/C20H19FN4O2/c1-3-25-17-8-18(24-19(26)14-7-16(14)21)23-9-12(17)6-13(20(25)27)15-10-22-5-4-11(15)2/h4-6,8-10,14,16H,3,7H2,1-2H3,(H,23,24,26)/t14-,16+/m0/s1. The van der Waals surface area contributed by atoms with Gasteiger partial charge in [-0.25, -0.2) is 9.37 Å². The topological polar surface area (TPSA) is 76.9 Å². The number of pyridine rings is 3. The first-order valence-corrected chi connectivity index (χ1v) is 8.89. The van der Waals surface area contributed by atoms with E-state index in [0.717, 1.165) is 16.5 Å². The molecule has 138 valence electrons. The number of alkyl halides is 1. The number of nitrogens with zero attached hydrogens (tertiary/aromatic N) is 3. The Morgan fingerprint density at radius 2 is 2.11 bits per heavy atom. The van der Waals surface area contributed by atoms with Crippen molar-refractivity contribution in [3.8, 4) is 11.1 Å². The zero-order valence-electron chi connectivity index (χ0n) is 15.1. The zero-order chi connectivity index (χ0) is 19.1. The van der Waals surface area contributed by atoms with Crippen molar-refractivity contribution in [2.75, 3.05) is 5.32 Å². The van der Waals surface area contributed by atoms with E-state index in [1.54, 1.807) is 35.3 Å². The lowest BCUT2D eigenvalue weighted by molar-refractivity contribution is -0.117. The lowest BCUT2D eigenvalue weighted by Crippen LogP contribution is -2.22. The molecule has 3 heterocycles. The van der Waals surface area contributed by atoms with Crippen molar-refractivity contribution in [2.24, 2.45) is 5.92 Å². The highest BCUT2D eigenvalue weighted by Crippen LogP contribution is 2.34. The summed E-state index contributed by atoms with van der Waals surface area (Å²) in [5.41, 5.74) is 2.85. The van der Waals surface area contributed by atoms with Gasteiger partial charge < -0.3 is 9.88 Å². The van der Waals surface area contributed by atoms with Crippen molar-refractivity contribution in [3.05, 3.63) is 52.7 Å². The van der Waals surface area contributed by atoms with Crippen molar-refractivity contribution in [2.45, 2.75) is 33.0 Å². The number of hydrogen-bond acceptors (Lipinski definition) is 4. The summed E-state index contributed by atoms with van der Waals surface area (Å²) in [4.78, 5) is 33.4. The van der Waals surface area contributed by atoms with Crippen LogP contribution in [0.1, 0.15) is 18.9 Å². The number of rotatable bonds is 4. The smallest absolute Gasteiger partial charge is 0.258 e. The zero-order valence-corrected chi connectivity index (χ0v) is 15.1. The Morgan fingerprint density at radius 1 is 1.33 bits per heavy atom. The van der Waals surface area contributed by atoms with E-state index in [1.165, 1.54) is 0 Å². The van der Waals surface area contributed by atoms with E-state index in [9.17, 15) is 14.0 Å². The Morgan fingerprint density at radius 3 is 2.78 bits per heavy atom. The van der Waals surface area contributed by atoms with Gasteiger partial charge in [0.15, 0.2) is 0 Å². The molecular weight excluding hydrogens is 347 g/mol. The molecule has 2 atom stereocenters. The Kier molecular flexibility index (Phi) is 4.22. The summed E-state index contributed by atoms with van der Waals surface area (Å²) >= 11 is 0. The first-order chi connectivity index (χ1) is 13.0. The Balaban J connectivity index is 1.81. The third kappa shape index (κ3) is 3.09. The molecule has 6 nitrogen and oxygen atoms in total. The van der Waals surface area contributed by atoms with Crippen LogP contribution in [0, 0.1) is 12.8 Å². The fourth-order valence-electron chi connectivity index (χ4n) is 3.25. The number of hydrogen-bond donors (Lipinski definition) is 1. The highest BCUT2D eigenvalue weighted by Gasteiger charge is 2.43. The molecule has 1 aliphatic rings. The minimum atomic E-state index is -1.07. The highest BCUT2D eigenvalue weighted by atomic mass is 19.1. The van der Waals surface area contributed by atoms with Gasteiger partial charge in [0.1, 0.15) is 12.0 Å². The van der Waals surface area contributed by atoms with E-state index in [4.69, 9.17) is 0 Å². The van der Waals surface area contributed by atoms with Gasteiger partial charge in [-0.2, -0.15) is 0 Å². The Hall–Kier alpha value is -3.09. The van der Waals surface area contributed by atoms with Crippen LogP contribution >= 0.6 is 0 Å². The number of nitrogens with one attached hydrogen (secondary N) is 1. The maximum Gasteiger partial charge on any atom is 0.258 e. The Bertz CT molecular complexity index is 1110. The van der Waals surface area contributed by atoms with Crippen LogP contribution in [-0.2, 0) is 11.3 Å². The summed E-state index contributed by atoms with van der Waals surface area (Å²) in [6, 6.07) is 5.32. The number of carbonyl (C=O) groups excluding carboxylic acids is 1. The van der Waals surface area contributed by atoms with Gasteiger partial charge in [-0.1, -0.05) is 0 Å². The van der Waals surface area contributed by atoms with Crippen molar-refractivity contribution >= 4 is 22.6 Å². The van der Waals surface area contributed by atoms with Gasteiger partial charge in [-0.05, 0) is 38.0 Å². The summed E-state index contributed by atoms with van der Waals surface area (Å²) in [5.74, 6) is -0.646. The summed E-state index contributed by atoms with van der Waals surface area (Å²) in [7, 11) is 0. The van der Waals surface area contributed by atoms with Crippen LogP contribution in [0.3, 0.4) is 0 Å². The maximum atomic E-state index is 13.1. The second kappa shape index (κ2) is 6.57. The largest absolute Gasteiger partial charge is 0.310 e. The number of anilines is 1. The van der Waals surface area contributed by atoms with Crippen LogP contribution < -0.4 is 10.9 Å². The van der Waals surface area contributed by atoms with Crippen LogP contribution in [0.15, 0.2) is 41.6 Å². The van der Waals surface area contributed by atoms with E-state index in [1.807, 2.05) is 19.9 Å². The van der Waals surface area contributed by atoms with Gasteiger partial charge >= 0.3 is 0 Å². The molecule has 1 aliphatic carbocycles.